The highest BCUT2D eigenvalue weighted by Gasteiger charge is 2.36. The van der Waals surface area contributed by atoms with Crippen molar-refractivity contribution in [2.45, 2.75) is 32.4 Å². The number of hydrogen-bond acceptors (Lipinski definition) is 4. The first-order valence-electron chi connectivity index (χ1n) is 8.79. The van der Waals surface area contributed by atoms with Crippen LogP contribution in [0, 0.1) is 0 Å². The van der Waals surface area contributed by atoms with Gasteiger partial charge in [-0.15, -0.1) is 0 Å². The first-order chi connectivity index (χ1) is 13.3. The second-order valence-corrected chi connectivity index (χ2v) is 6.66. The quantitative estimate of drug-likeness (QED) is 0.595. The van der Waals surface area contributed by atoms with Crippen LogP contribution in [0.4, 0.5) is 18.9 Å². The fourth-order valence-electron chi connectivity index (χ4n) is 3.14. The fraction of sp³-hybridized carbons (Fsp3) is 0.238. The maximum absolute atomic E-state index is 13.6. The standard InChI is InChI=1S/C21H17F3N2O2/c1-12(2)27-20-18(13-6-4-3-5-7-13)26-16-9-8-15-17(19(16)28-20)14(10-11-25-15)21(22,23)24/h3-12,20H,1-2H3. The lowest BCUT2D eigenvalue weighted by atomic mass is 10.0. The molecule has 0 saturated heterocycles. The Morgan fingerprint density at radius 1 is 1.04 bits per heavy atom. The average molecular weight is 386 g/mol. The number of hydrogen-bond donors (Lipinski definition) is 0. The fourth-order valence-corrected chi connectivity index (χ4v) is 3.14. The number of aliphatic imine (C=N–C) groups is 1. The minimum atomic E-state index is -4.54. The molecule has 2 aromatic carbocycles. The number of halogens is 3. The molecule has 0 spiro atoms. The third-order valence-corrected chi connectivity index (χ3v) is 4.30. The SMILES string of the molecule is CC(C)OC1Oc2c(ccc3nccc(C(F)(F)F)c23)N=C1c1ccccc1. The van der Waals surface area contributed by atoms with Gasteiger partial charge in [-0.2, -0.15) is 13.2 Å². The number of fused-ring (bicyclic) bond motifs is 3. The second kappa shape index (κ2) is 6.91. The van der Waals surface area contributed by atoms with Crippen molar-refractivity contribution in [1.82, 2.24) is 4.98 Å². The van der Waals surface area contributed by atoms with Crippen molar-refractivity contribution in [3.05, 3.63) is 65.9 Å². The smallest absolute Gasteiger partial charge is 0.417 e. The van der Waals surface area contributed by atoms with Crippen LogP contribution in [0.5, 0.6) is 5.75 Å². The summed E-state index contributed by atoms with van der Waals surface area (Å²) in [6, 6.07) is 13.4. The van der Waals surface area contributed by atoms with Gasteiger partial charge >= 0.3 is 6.18 Å². The van der Waals surface area contributed by atoms with E-state index in [1.54, 1.807) is 6.07 Å². The Morgan fingerprint density at radius 3 is 2.46 bits per heavy atom. The number of ether oxygens (including phenoxy) is 2. The average Bonchev–Trinajstić information content (AvgIpc) is 2.66. The van der Waals surface area contributed by atoms with E-state index in [1.807, 2.05) is 44.2 Å². The minimum absolute atomic E-state index is 0.0308. The molecule has 1 aliphatic rings. The van der Waals surface area contributed by atoms with Gasteiger partial charge < -0.3 is 9.47 Å². The lowest BCUT2D eigenvalue weighted by Gasteiger charge is -2.29. The van der Waals surface area contributed by atoms with Crippen LogP contribution in [0.1, 0.15) is 25.0 Å². The zero-order valence-corrected chi connectivity index (χ0v) is 15.2. The molecule has 0 radical (unpaired) electrons. The van der Waals surface area contributed by atoms with Gasteiger partial charge in [-0.05, 0) is 32.0 Å². The van der Waals surface area contributed by atoms with E-state index in [0.717, 1.165) is 17.8 Å². The minimum Gasteiger partial charge on any atom is -0.456 e. The molecule has 4 rings (SSSR count). The van der Waals surface area contributed by atoms with Crippen molar-refractivity contribution >= 4 is 22.3 Å². The van der Waals surface area contributed by atoms with Crippen molar-refractivity contribution < 1.29 is 22.6 Å². The van der Waals surface area contributed by atoms with Gasteiger partial charge in [0.25, 0.3) is 0 Å². The summed E-state index contributed by atoms with van der Waals surface area (Å²) >= 11 is 0. The van der Waals surface area contributed by atoms with E-state index >= 15 is 0 Å². The van der Waals surface area contributed by atoms with E-state index < -0.39 is 18.0 Å². The lowest BCUT2D eigenvalue weighted by molar-refractivity contribution is -0.136. The summed E-state index contributed by atoms with van der Waals surface area (Å²) in [5, 5.41) is -0.110. The molecule has 0 N–H and O–H groups in total. The van der Waals surface area contributed by atoms with Crippen molar-refractivity contribution in [1.29, 1.82) is 0 Å². The number of pyridine rings is 1. The molecule has 0 amide bonds. The zero-order chi connectivity index (χ0) is 19.9. The van der Waals surface area contributed by atoms with Crippen LogP contribution in [0.2, 0.25) is 0 Å². The molecule has 2 heterocycles. The van der Waals surface area contributed by atoms with Crippen LogP contribution in [-0.2, 0) is 10.9 Å². The molecule has 0 aliphatic carbocycles. The molecule has 0 fully saturated rings. The van der Waals surface area contributed by atoms with Gasteiger partial charge in [0.1, 0.15) is 11.4 Å². The molecule has 1 unspecified atom stereocenters. The van der Waals surface area contributed by atoms with Crippen LogP contribution < -0.4 is 4.74 Å². The molecule has 4 nitrogen and oxygen atoms in total. The van der Waals surface area contributed by atoms with Crippen LogP contribution >= 0.6 is 0 Å². The largest absolute Gasteiger partial charge is 0.456 e. The number of nitrogens with zero attached hydrogens (tertiary/aromatic N) is 2. The summed E-state index contributed by atoms with van der Waals surface area (Å²) in [4.78, 5) is 8.65. The number of rotatable bonds is 3. The summed E-state index contributed by atoms with van der Waals surface area (Å²) in [5.41, 5.74) is 0.986. The summed E-state index contributed by atoms with van der Waals surface area (Å²) < 4.78 is 52.6. The Balaban J connectivity index is 1.95. The van der Waals surface area contributed by atoms with E-state index in [-0.39, 0.29) is 22.8 Å². The number of benzene rings is 2. The Kier molecular flexibility index (Phi) is 4.55. The van der Waals surface area contributed by atoms with Crippen molar-refractivity contribution in [3.63, 3.8) is 0 Å². The topological polar surface area (TPSA) is 43.7 Å². The van der Waals surface area contributed by atoms with Gasteiger partial charge in [-0.3, -0.25) is 4.98 Å². The zero-order valence-electron chi connectivity index (χ0n) is 15.2. The van der Waals surface area contributed by atoms with E-state index in [2.05, 4.69) is 9.98 Å². The molecule has 7 heteroatoms. The predicted octanol–water partition coefficient (Wildman–Crippen LogP) is 5.52. The Bertz CT molecular complexity index is 1050. The van der Waals surface area contributed by atoms with E-state index in [4.69, 9.17) is 9.47 Å². The molecule has 1 aliphatic heterocycles. The van der Waals surface area contributed by atoms with Gasteiger partial charge in [0.05, 0.1) is 22.6 Å². The van der Waals surface area contributed by atoms with Crippen LogP contribution in [0.15, 0.2) is 59.7 Å². The molecule has 144 valence electrons. The van der Waals surface area contributed by atoms with E-state index in [1.165, 1.54) is 6.07 Å². The van der Waals surface area contributed by atoms with Gasteiger partial charge in [0.2, 0.25) is 6.29 Å². The summed E-state index contributed by atoms with van der Waals surface area (Å²) in [6.45, 7) is 3.65. The van der Waals surface area contributed by atoms with Gasteiger partial charge in [0, 0.05) is 11.8 Å². The lowest BCUT2D eigenvalue weighted by Crippen LogP contribution is -2.35. The monoisotopic (exact) mass is 386 g/mol. The molecule has 3 aromatic rings. The first kappa shape index (κ1) is 18.4. The summed E-state index contributed by atoms with van der Waals surface area (Å²) in [6.07, 6.45) is -4.55. The second-order valence-electron chi connectivity index (χ2n) is 6.66. The summed E-state index contributed by atoms with van der Waals surface area (Å²) in [5.74, 6) is 0.0308. The Morgan fingerprint density at radius 2 is 1.79 bits per heavy atom. The number of aromatic nitrogens is 1. The molecular weight excluding hydrogens is 369 g/mol. The highest BCUT2D eigenvalue weighted by molar-refractivity contribution is 6.07. The molecule has 0 bridgehead atoms. The normalized spacial score (nSPS) is 16.6. The molecule has 28 heavy (non-hydrogen) atoms. The predicted molar refractivity (Wildman–Crippen MR) is 100 cm³/mol. The summed E-state index contributed by atoms with van der Waals surface area (Å²) in [7, 11) is 0. The van der Waals surface area contributed by atoms with Gasteiger partial charge in [-0.25, -0.2) is 4.99 Å². The van der Waals surface area contributed by atoms with Crippen molar-refractivity contribution in [2.75, 3.05) is 0 Å². The van der Waals surface area contributed by atoms with Crippen LogP contribution in [0.3, 0.4) is 0 Å². The van der Waals surface area contributed by atoms with E-state index in [0.29, 0.717) is 11.4 Å². The van der Waals surface area contributed by atoms with Crippen LogP contribution in [0.25, 0.3) is 10.9 Å². The molecule has 1 atom stereocenters. The molecule has 0 saturated carbocycles. The maximum atomic E-state index is 13.6. The highest BCUT2D eigenvalue weighted by Crippen LogP contribution is 2.45. The van der Waals surface area contributed by atoms with Crippen molar-refractivity contribution in [3.8, 4) is 5.75 Å². The Hall–Kier alpha value is -2.93. The molecular formula is C21H17F3N2O2. The van der Waals surface area contributed by atoms with E-state index in [9.17, 15) is 13.2 Å². The first-order valence-corrected chi connectivity index (χ1v) is 8.79. The maximum Gasteiger partial charge on any atom is 0.417 e. The van der Waals surface area contributed by atoms with Crippen molar-refractivity contribution in [2.24, 2.45) is 4.99 Å². The third-order valence-electron chi connectivity index (χ3n) is 4.30. The molecule has 1 aromatic heterocycles. The third kappa shape index (κ3) is 3.33. The van der Waals surface area contributed by atoms with Gasteiger partial charge in [0.15, 0.2) is 5.75 Å². The Labute approximate surface area is 159 Å². The van der Waals surface area contributed by atoms with Crippen LogP contribution in [-0.4, -0.2) is 23.1 Å². The number of alkyl halides is 3. The van der Waals surface area contributed by atoms with Gasteiger partial charge in [-0.1, -0.05) is 30.3 Å². The highest BCUT2D eigenvalue weighted by atomic mass is 19.4.